The number of thiazole rings is 1. The number of fused-ring (bicyclic) bond motifs is 1. The van der Waals surface area contributed by atoms with E-state index in [0.717, 1.165) is 21.4 Å². The van der Waals surface area contributed by atoms with Crippen LogP contribution in [0.3, 0.4) is 0 Å². The highest BCUT2D eigenvalue weighted by Gasteiger charge is 2.14. The van der Waals surface area contributed by atoms with Gasteiger partial charge in [0.1, 0.15) is 0 Å². The van der Waals surface area contributed by atoms with Crippen LogP contribution in [0.15, 0.2) is 22.7 Å². The van der Waals surface area contributed by atoms with E-state index in [1.54, 1.807) is 11.3 Å². The van der Waals surface area contributed by atoms with Crippen molar-refractivity contribution in [2.45, 2.75) is 25.8 Å². The highest BCUT2D eigenvalue weighted by Crippen LogP contribution is 2.26. The zero-order chi connectivity index (χ0) is 11.1. The van der Waals surface area contributed by atoms with Crippen molar-refractivity contribution in [3.63, 3.8) is 0 Å². The molecule has 80 valence electrons. The van der Waals surface area contributed by atoms with Gasteiger partial charge in [-0.3, -0.25) is 0 Å². The molecule has 15 heavy (non-hydrogen) atoms. The molecule has 0 radical (unpaired) electrons. The van der Waals surface area contributed by atoms with E-state index in [0.29, 0.717) is 0 Å². The summed E-state index contributed by atoms with van der Waals surface area (Å²) >= 11 is 5.16. The normalized spacial score (nSPS) is 12.3. The molecule has 0 aliphatic heterocycles. The topological polar surface area (TPSA) is 38.9 Å². The second-order valence-electron chi connectivity index (χ2n) is 4.39. The van der Waals surface area contributed by atoms with Gasteiger partial charge < -0.3 is 5.73 Å². The SMILES string of the molecule is CC(C)(N)Cc1nc2cc(Br)ccc2s1. The number of rotatable bonds is 2. The molecule has 0 unspecified atom stereocenters. The maximum absolute atomic E-state index is 5.98. The molecular formula is C11H13BrN2S. The zero-order valence-electron chi connectivity index (χ0n) is 8.75. The molecule has 2 nitrogen and oxygen atoms in total. The van der Waals surface area contributed by atoms with E-state index in [4.69, 9.17) is 5.73 Å². The van der Waals surface area contributed by atoms with Crippen LogP contribution in [0.5, 0.6) is 0 Å². The molecule has 1 aromatic heterocycles. The van der Waals surface area contributed by atoms with Crippen LogP contribution >= 0.6 is 27.3 Å². The van der Waals surface area contributed by atoms with Gasteiger partial charge >= 0.3 is 0 Å². The Kier molecular flexibility index (Phi) is 2.83. The molecule has 0 atom stereocenters. The average Bonchev–Trinajstić information content (AvgIpc) is 2.42. The van der Waals surface area contributed by atoms with Gasteiger partial charge in [-0.15, -0.1) is 11.3 Å². The van der Waals surface area contributed by atoms with Gasteiger partial charge in [-0.1, -0.05) is 15.9 Å². The Morgan fingerprint density at radius 2 is 2.20 bits per heavy atom. The van der Waals surface area contributed by atoms with Crippen molar-refractivity contribution in [2.24, 2.45) is 5.73 Å². The fraction of sp³-hybridized carbons (Fsp3) is 0.364. The highest BCUT2D eigenvalue weighted by atomic mass is 79.9. The van der Waals surface area contributed by atoms with Gasteiger partial charge in [-0.25, -0.2) is 4.98 Å². The number of nitrogens with zero attached hydrogens (tertiary/aromatic N) is 1. The van der Waals surface area contributed by atoms with E-state index in [9.17, 15) is 0 Å². The molecule has 0 aliphatic rings. The number of benzene rings is 1. The van der Waals surface area contributed by atoms with Gasteiger partial charge in [-0.2, -0.15) is 0 Å². The monoisotopic (exact) mass is 284 g/mol. The molecule has 2 aromatic rings. The Balaban J connectivity index is 2.39. The van der Waals surface area contributed by atoms with E-state index >= 15 is 0 Å². The first-order valence-electron chi connectivity index (χ1n) is 4.78. The largest absolute Gasteiger partial charge is 0.325 e. The Bertz CT molecular complexity index is 485. The lowest BCUT2D eigenvalue weighted by atomic mass is 10.0. The van der Waals surface area contributed by atoms with Crippen molar-refractivity contribution in [3.8, 4) is 0 Å². The predicted molar refractivity (Wildman–Crippen MR) is 69.3 cm³/mol. The second kappa shape index (κ2) is 3.85. The van der Waals surface area contributed by atoms with E-state index in [1.165, 1.54) is 4.70 Å². The van der Waals surface area contributed by atoms with E-state index in [2.05, 4.69) is 27.0 Å². The Morgan fingerprint density at radius 1 is 1.47 bits per heavy atom. The van der Waals surface area contributed by atoms with Gasteiger partial charge in [0.2, 0.25) is 0 Å². The summed E-state index contributed by atoms with van der Waals surface area (Å²) < 4.78 is 2.29. The predicted octanol–water partition coefficient (Wildman–Crippen LogP) is 3.34. The lowest BCUT2D eigenvalue weighted by Gasteiger charge is -2.15. The summed E-state index contributed by atoms with van der Waals surface area (Å²) in [6.45, 7) is 4.05. The molecule has 0 saturated carbocycles. The molecule has 4 heteroatoms. The first kappa shape index (κ1) is 11.0. The summed E-state index contributed by atoms with van der Waals surface area (Å²) in [4.78, 5) is 4.57. The number of hydrogen-bond donors (Lipinski definition) is 1. The molecule has 0 saturated heterocycles. The van der Waals surface area contributed by atoms with E-state index in [-0.39, 0.29) is 5.54 Å². The van der Waals surface area contributed by atoms with Gasteiger partial charge in [0.05, 0.1) is 15.2 Å². The van der Waals surface area contributed by atoms with Crippen LogP contribution in [-0.2, 0) is 6.42 Å². The molecule has 0 amide bonds. The first-order chi connectivity index (χ1) is 6.94. The van der Waals surface area contributed by atoms with Crippen LogP contribution in [-0.4, -0.2) is 10.5 Å². The van der Waals surface area contributed by atoms with Crippen LogP contribution in [0.2, 0.25) is 0 Å². The van der Waals surface area contributed by atoms with Crippen molar-refractivity contribution in [3.05, 3.63) is 27.7 Å². The maximum Gasteiger partial charge on any atom is 0.0956 e. The van der Waals surface area contributed by atoms with Crippen molar-refractivity contribution < 1.29 is 0 Å². The summed E-state index contributed by atoms with van der Waals surface area (Å²) in [7, 11) is 0. The van der Waals surface area contributed by atoms with Crippen molar-refractivity contribution in [1.82, 2.24) is 4.98 Å². The number of aromatic nitrogens is 1. The zero-order valence-corrected chi connectivity index (χ0v) is 11.2. The minimum absolute atomic E-state index is 0.189. The Hall–Kier alpha value is -0.450. The highest BCUT2D eigenvalue weighted by molar-refractivity contribution is 9.10. The van der Waals surface area contributed by atoms with Crippen molar-refractivity contribution >= 4 is 37.5 Å². The van der Waals surface area contributed by atoms with Crippen molar-refractivity contribution in [2.75, 3.05) is 0 Å². The Labute approximate surface area is 102 Å². The molecule has 0 spiro atoms. The lowest BCUT2D eigenvalue weighted by molar-refractivity contribution is 0.516. The Morgan fingerprint density at radius 3 is 2.87 bits per heavy atom. The number of hydrogen-bond acceptors (Lipinski definition) is 3. The van der Waals surface area contributed by atoms with E-state index in [1.807, 2.05) is 26.0 Å². The third kappa shape index (κ3) is 2.77. The molecular weight excluding hydrogens is 272 g/mol. The van der Waals surface area contributed by atoms with Crippen LogP contribution in [0.4, 0.5) is 0 Å². The average molecular weight is 285 g/mol. The molecule has 0 bridgehead atoms. The van der Waals surface area contributed by atoms with Gasteiger partial charge in [0, 0.05) is 16.4 Å². The smallest absolute Gasteiger partial charge is 0.0956 e. The standard InChI is InChI=1S/C11H13BrN2S/c1-11(2,13)6-10-14-8-5-7(12)3-4-9(8)15-10/h3-5H,6,13H2,1-2H3. The molecule has 2 rings (SSSR count). The van der Waals surface area contributed by atoms with Gasteiger partial charge in [0.25, 0.3) is 0 Å². The van der Waals surface area contributed by atoms with E-state index < -0.39 is 0 Å². The number of halogens is 1. The minimum Gasteiger partial charge on any atom is -0.325 e. The first-order valence-corrected chi connectivity index (χ1v) is 6.39. The maximum atomic E-state index is 5.98. The fourth-order valence-electron chi connectivity index (χ4n) is 1.41. The lowest BCUT2D eigenvalue weighted by Crippen LogP contribution is -2.34. The molecule has 0 aliphatic carbocycles. The fourth-order valence-corrected chi connectivity index (χ4v) is 2.95. The van der Waals surface area contributed by atoms with Crippen molar-refractivity contribution in [1.29, 1.82) is 0 Å². The third-order valence-electron chi connectivity index (χ3n) is 2.00. The summed E-state index contributed by atoms with van der Waals surface area (Å²) in [6, 6.07) is 6.17. The number of nitrogens with two attached hydrogens (primary N) is 1. The van der Waals surface area contributed by atoms with Crippen LogP contribution in [0, 0.1) is 0 Å². The summed E-state index contributed by atoms with van der Waals surface area (Å²) in [5.41, 5.74) is 6.84. The molecule has 1 aromatic carbocycles. The van der Waals surface area contributed by atoms with Crippen LogP contribution in [0.25, 0.3) is 10.2 Å². The third-order valence-corrected chi connectivity index (χ3v) is 3.53. The molecule has 2 N–H and O–H groups in total. The summed E-state index contributed by atoms with van der Waals surface area (Å²) in [5, 5.41) is 1.11. The second-order valence-corrected chi connectivity index (χ2v) is 6.42. The quantitative estimate of drug-likeness (QED) is 0.919. The molecule has 0 fully saturated rings. The van der Waals surface area contributed by atoms with Gasteiger partial charge in [0.15, 0.2) is 0 Å². The van der Waals surface area contributed by atoms with Gasteiger partial charge in [-0.05, 0) is 32.0 Å². The summed E-state index contributed by atoms with van der Waals surface area (Å²) in [6.07, 6.45) is 0.823. The summed E-state index contributed by atoms with van der Waals surface area (Å²) in [5.74, 6) is 0. The van der Waals surface area contributed by atoms with Crippen LogP contribution in [0.1, 0.15) is 18.9 Å². The minimum atomic E-state index is -0.189. The molecule has 1 heterocycles. The van der Waals surface area contributed by atoms with Crippen LogP contribution < -0.4 is 5.73 Å².